The van der Waals surface area contributed by atoms with Crippen LogP contribution in [0.3, 0.4) is 0 Å². The number of hydrogen-bond acceptors (Lipinski definition) is 4. The average molecular weight is 432 g/mol. The van der Waals surface area contributed by atoms with Crippen molar-refractivity contribution in [3.8, 4) is 11.3 Å². The molecule has 3 aromatic rings. The van der Waals surface area contributed by atoms with Crippen LogP contribution in [0.2, 0.25) is 0 Å². The van der Waals surface area contributed by atoms with E-state index in [1.165, 1.54) is 5.56 Å². The molecule has 0 radical (unpaired) electrons. The lowest BCUT2D eigenvalue weighted by atomic mass is 10.0. The minimum absolute atomic E-state index is 0.104. The van der Waals surface area contributed by atoms with Crippen LogP contribution in [0.25, 0.3) is 11.3 Å². The number of carbonyl (C=O) groups excluding carboxylic acids is 2. The summed E-state index contributed by atoms with van der Waals surface area (Å²) >= 11 is 0. The molecule has 0 atom stereocenters. The Bertz CT molecular complexity index is 1070. The highest BCUT2D eigenvalue weighted by Crippen LogP contribution is 2.24. The molecule has 2 aromatic carbocycles. The van der Waals surface area contributed by atoms with Crippen molar-refractivity contribution < 1.29 is 14.0 Å². The molecule has 1 fully saturated rings. The zero-order chi connectivity index (χ0) is 22.5. The van der Waals surface area contributed by atoms with Crippen LogP contribution in [0, 0.1) is 5.92 Å². The Morgan fingerprint density at radius 3 is 2.53 bits per heavy atom. The summed E-state index contributed by atoms with van der Waals surface area (Å²) in [6.07, 6.45) is 4.96. The van der Waals surface area contributed by atoms with Crippen molar-refractivity contribution >= 4 is 23.2 Å². The quantitative estimate of drug-likeness (QED) is 0.529. The topological polar surface area (TPSA) is 75.4 Å². The molecule has 0 unspecified atom stereocenters. The fourth-order valence-electron chi connectivity index (χ4n) is 3.93. The maximum Gasteiger partial charge on any atom is 0.227 e. The molecule has 0 spiro atoms. The molecule has 2 amide bonds. The second-order valence-electron chi connectivity index (χ2n) is 8.66. The molecular weight excluding hydrogens is 402 g/mol. The van der Waals surface area contributed by atoms with Crippen LogP contribution in [0.15, 0.2) is 59.1 Å². The van der Waals surface area contributed by atoms with Gasteiger partial charge in [-0.2, -0.15) is 0 Å². The summed E-state index contributed by atoms with van der Waals surface area (Å²) in [6, 6.07) is 15.7. The summed E-state index contributed by atoms with van der Waals surface area (Å²) in [6.45, 7) is 5.17. The molecule has 2 heterocycles. The molecule has 0 aliphatic carbocycles. The second kappa shape index (κ2) is 9.81. The third-order valence-corrected chi connectivity index (χ3v) is 5.54. The molecule has 1 aliphatic rings. The van der Waals surface area contributed by atoms with E-state index < -0.39 is 0 Å². The van der Waals surface area contributed by atoms with Crippen molar-refractivity contribution in [2.45, 2.75) is 46.0 Å². The van der Waals surface area contributed by atoms with Gasteiger partial charge in [0.1, 0.15) is 0 Å². The fourth-order valence-corrected chi connectivity index (χ4v) is 3.93. The highest BCUT2D eigenvalue weighted by atomic mass is 16.4. The highest BCUT2D eigenvalue weighted by molar-refractivity contribution is 5.96. The molecule has 6 heteroatoms. The van der Waals surface area contributed by atoms with Gasteiger partial charge in [0.25, 0.3) is 0 Å². The van der Waals surface area contributed by atoms with E-state index in [0.29, 0.717) is 36.1 Å². The van der Waals surface area contributed by atoms with Crippen molar-refractivity contribution in [1.82, 2.24) is 4.98 Å². The molecule has 166 valence electrons. The zero-order valence-corrected chi connectivity index (χ0v) is 18.6. The number of hydrogen-bond donors (Lipinski definition) is 1. The van der Waals surface area contributed by atoms with Crippen molar-refractivity contribution in [1.29, 1.82) is 0 Å². The van der Waals surface area contributed by atoms with E-state index in [-0.39, 0.29) is 18.2 Å². The van der Waals surface area contributed by atoms with Gasteiger partial charge in [-0.25, -0.2) is 4.98 Å². The monoisotopic (exact) mass is 431 g/mol. The summed E-state index contributed by atoms with van der Waals surface area (Å²) in [5, 5.41) is 2.89. The van der Waals surface area contributed by atoms with Crippen LogP contribution >= 0.6 is 0 Å². The Kier molecular flexibility index (Phi) is 6.69. The van der Waals surface area contributed by atoms with E-state index in [0.717, 1.165) is 30.6 Å². The van der Waals surface area contributed by atoms with Gasteiger partial charge in [-0.1, -0.05) is 38.1 Å². The first kappa shape index (κ1) is 21.8. The van der Waals surface area contributed by atoms with E-state index in [2.05, 4.69) is 36.3 Å². The maximum absolute atomic E-state index is 12.3. The SMILES string of the molecule is CC(C)Cc1ccc(-c2cnc(CCC(=O)Nc3ccc(N4CCCC4=O)cc3)o2)cc1. The Morgan fingerprint density at radius 1 is 1.12 bits per heavy atom. The number of amides is 2. The average Bonchev–Trinajstić information content (AvgIpc) is 3.42. The maximum atomic E-state index is 12.3. The van der Waals surface area contributed by atoms with Gasteiger partial charge in [0.2, 0.25) is 11.8 Å². The molecule has 4 rings (SSSR count). The summed E-state index contributed by atoms with van der Waals surface area (Å²) < 4.78 is 5.85. The van der Waals surface area contributed by atoms with Gasteiger partial charge in [0, 0.05) is 42.7 Å². The van der Waals surface area contributed by atoms with Crippen LogP contribution in [-0.2, 0) is 22.4 Å². The Labute approximate surface area is 188 Å². The smallest absolute Gasteiger partial charge is 0.227 e. The van der Waals surface area contributed by atoms with Gasteiger partial charge in [0.15, 0.2) is 11.7 Å². The van der Waals surface area contributed by atoms with Crippen LogP contribution in [0.1, 0.15) is 44.6 Å². The lowest BCUT2D eigenvalue weighted by molar-refractivity contribution is -0.117. The molecule has 1 aliphatic heterocycles. The molecule has 1 saturated heterocycles. The van der Waals surface area contributed by atoms with Gasteiger partial charge < -0.3 is 14.6 Å². The van der Waals surface area contributed by atoms with Crippen LogP contribution in [0.4, 0.5) is 11.4 Å². The van der Waals surface area contributed by atoms with Crippen molar-refractivity contribution in [3.05, 3.63) is 66.2 Å². The van der Waals surface area contributed by atoms with Crippen LogP contribution in [0.5, 0.6) is 0 Å². The van der Waals surface area contributed by atoms with Gasteiger partial charge in [-0.3, -0.25) is 9.59 Å². The van der Waals surface area contributed by atoms with E-state index in [9.17, 15) is 9.59 Å². The van der Waals surface area contributed by atoms with Crippen LogP contribution in [-0.4, -0.2) is 23.3 Å². The van der Waals surface area contributed by atoms with Gasteiger partial charge in [-0.05, 0) is 48.6 Å². The molecule has 1 N–H and O–H groups in total. The van der Waals surface area contributed by atoms with Crippen molar-refractivity contribution in [3.63, 3.8) is 0 Å². The number of oxazole rings is 1. The Hall–Kier alpha value is -3.41. The zero-order valence-electron chi connectivity index (χ0n) is 18.6. The third-order valence-electron chi connectivity index (χ3n) is 5.54. The normalized spacial score (nSPS) is 13.7. The first-order valence-corrected chi connectivity index (χ1v) is 11.2. The number of nitrogens with zero attached hydrogens (tertiary/aromatic N) is 2. The van der Waals surface area contributed by atoms with Crippen LogP contribution < -0.4 is 10.2 Å². The predicted molar refractivity (Wildman–Crippen MR) is 125 cm³/mol. The lowest BCUT2D eigenvalue weighted by Gasteiger charge is -2.16. The number of aromatic nitrogens is 1. The predicted octanol–water partition coefficient (Wildman–Crippen LogP) is 5.24. The van der Waals surface area contributed by atoms with Crippen molar-refractivity contribution in [2.75, 3.05) is 16.8 Å². The Morgan fingerprint density at radius 2 is 1.88 bits per heavy atom. The minimum atomic E-state index is -0.104. The van der Waals surface area contributed by atoms with Crippen molar-refractivity contribution in [2.24, 2.45) is 5.92 Å². The summed E-state index contributed by atoms with van der Waals surface area (Å²) in [5.41, 5.74) is 3.87. The number of nitrogens with one attached hydrogen (secondary N) is 1. The number of rotatable bonds is 8. The van der Waals surface area contributed by atoms with E-state index in [4.69, 9.17) is 4.42 Å². The number of carbonyl (C=O) groups is 2. The summed E-state index contributed by atoms with van der Waals surface area (Å²) in [4.78, 5) is 30.3. The second-order valence-corrected chi connectivity index (χ2v) is 8.66. The lowest BCUT2D eigenvalue weighted by Crippen LogP contribution is -2.23. The molecule has 32 heavy (non-hydrogen) atoms. The fraction of sp³-hybridized carbons (Fsp3) is 0.346. The van der Waals surface area contributed by atoms with E-state index >= 15 is 0 Å². The summed E-state index contributed by atoms with van der Waals surface area (Å²) in [5.74, 6) is 1.93. The number of anilines is 2. The first-order valence-electron chi connectivity index (χ1n) is 11.2. The largest absolute Gasteiger partial charge is 0.441 e. The van der Waals surface area contributed by atoms with E-state index in [1.807, 2.05) is 36.4 Å². The van der Waals surface area contributed by atoms with Gasteiger partial charge in [-0.15, -0.1) is 0 Å². The molecular formula is C26H29N3O3. The Balaban J connectivity index is 1.28. The first-order chi connectivity index (χ1) is 15.5. The number of benzene rings is 2. The van der Waals surface area contributed by atoms with Gasteiger partial charge >= 0.3 is 0 Å². The minimum Gasteiger partial charge on any atom is -0.441 e. The van der Waals surface area contributed by atoms with E-state index in [1.54, 1.807) is 11.1 Å². The standard InChI is InChI=1S/C26H29N3O3/c1-18(2)16-19-5-7-20(8-6-19)23-17-27-25(32-23)14-13-24(30)28-21-9-11-22(12-10-21)29-15-3-4-26(29)31/h5-12,17-18H,3-4,13-16H2,1-2H3,(H,28,30). The number of aryl methyl sites for hydroxylation is 1. The molecule has 0 saturated carbocycles. The summed E-state index contributed by atoms with van der Waals surface area (Å²) in [7, 11) is 0. The highest BCUT2D eigenvalue weighted by Gasteiger charge is 2.21. The third kappa shape index (κ3) is 5.44. The molecule has 6 nitrogen and oxygen atoms in total. The van der Waals surface area contributed by atoms with Gasteiger partial charge in [0.05, 0.1) is 6.20 Å². The molecule has 0 bridgehead atoms. The molecule has 1 aromatic heterocycles.